The third kappa shape index (κ3) is 37.0. The summed E-state index contributed by atoms with van der Waals surface area (Å²) in [5, 5.41) is 0. The van der Waals surface area contributed by atoms with E-state index in [1.807, 2.05) is 0 Å². The lowest BCUT2D eigenvalue weighted by molar-refractivity contribution is -0.0366. The van der Waals surface area contributed by atoms with Gasteiger partial charge in [-0.25, -0.2) is 0 Å². The predicted molar refractivity (Wildman–Crippen MR) is 186 cm³/mol. The molecule has 0 aliphatic rings. The first-order valence-electron chi connectivity index (χ1n) is 18.1. The lowest BCUT2D eigenvalue weighted by Crippen LogP contribution is -2.25. The number of hydrogen-bond donors (Lipinski definition) is 0. The van der Waals surface area contributed by atoms with Crippen LogP contribution in [0.4, 0.5) is 0 Å². The molecular formula is C35H71Cl2O3P. The maximum absolute atomic E-state index is 6.07. The molecule has 0 fully saturated rings. The van der Waals surface area contributed by atoms with E-state index in [1.165, 1.54) is 167 Å². The van der Waals surface area contributed by atoms with Gasteiger partial charge in [0.1, 0.15) is 6.10 Å². The van der Waals surface area contributed by atoms with E-state index < -0.39 is 6.85 Å². The fourth-order valence-corrected chi connectivity index (χ4v) is 6.06. The van der Waals surface area contributed by atoms with Gasteiger partial charge in [-0.2, -0.15) is 0 Å². The molecule has 0 aromatic heterocycles. The molecule has 0 amide bonds. The molecule has 0 radical (unpaired) electrons. The zero-order chi connectivity index (χ0) is 29.9. The Hall–Kier alpha value is 0.890. The Balaban J connectivity index is 3.54. The van der Waals surface area contributed by atoms with Crippen molar-refractivity contribution in [2.24, 2.45) is 0 Å². The van der Waals surface area contributed by atoms with Gasteiger partial charge in [0, 0.05) is 13.2 Å². The Morgan fingerprint density at radius 1 is 0.415 bits per heavy atom. The highest BCUT2D eigenvalue weighted by Crippen LogP contribution is 2.47. The Kier molecular flexibility index (Phi) is 37.9. The topological polar surface area (TPSA) is 27.7 Å². The van der Waals surface area contributed by atoms with Crippen molar-refractivity contribution < 1.29 is 14.0 Å². The smallest absolute Gasteiger partial charge is 0.225 e. The lowest BCUT2D eigenvalue weighted by atomic mass is 10.0. The normalized spacial score (nSPS) is 12.5. The second-order valence-corrected chi connectivity index (χ2v) is 15.3. The molecule has 0 aliphatic carbocycles. The van der Waals surface area contributed by atoms with Gasteiger partial charge >= 0.3 is 0 Å². The summed E-state index contributed by atoms with van der Waals surface area (Å²) in [5.74, 6) is 0. The quantitative estimate of drug-likeness (QED) is 0.0503. The van der Waals surface area contributed by atoms with Crippen LogP contribution in [0, 0.1) is 0 Å². The van der Waals surface area contributed by atoms with E-state index >= 15 is 0 Å². The molecule has 0 aromatic rings. The molecule has 0 N–H and O–H groups in total. The zero-order valence-electron chi connectivity index (χ0n) is 27.6. The van der Waals surface area contributed by atoms with Gasteiger partial charge in [-0.3, -0.25) is 0 Å². The summed E-state index contributed by atoms with van der Waals surface area (Å²) in [5.41, 5.74) is 0. The Morgan fingerprint density at radius 3 is 1.07 bits per heavy atom. The number of halogens is 2. The minimum absolute atomic E-state index is 0.0777. The van der Waals surface area contributed by atoms with E-state index in [2.05, 4.69) is 13.8 Å². The molecule has 0 bridgehead atoms. The maximum atomic E-state index is 6.07. The highest BCUT2D eigenvalue weighted by molar-refractivity contribution is 8.00. The molecule has 0 aromatic carbocycles. The molecule has 0 saturated heterocycles. The third-order valence-electron chi connectivity index (χ3n) is 8.16. The molecule has 3 nitrogen and oxygen atoms in total. The SMILES string of the molecule is CCCCCCCCCCCCCCCCOCC(COP(Cl)Cl)OCCCCCCCCCCCCCCCC. The molecule has 1 atom stereocenters. The summed E-state index contributed by atoms with van der Waals surface area (Å²) < 4.78 is 17.4. The molecule has 41 heavy (non-hydrogen) atoms. The molecular weight excluding hydrogens is 570 g/mol. The van der Waals surface area contributed by atoms with E-state index in [0.717, 1.165) is 26.1 Å². The largest absolute Gasteiger partial charge is 0.379 e. The number of unbranched alkanes of at least 4 members (excludes halogenated alkanes) is 26. The van der Waals surface area contributed by atoms with Crippen molar-refractivity contribution >= 4 is 29.3 Å². The zero-order valence-corrected chi connectivity index (χ0v) is 30.0. The molecule has 1 unspecified atom stereocenters. The number of hydrogen-bond acceptors (Lipinski definition) is 3. The van der Waals surface area contributed by atoms with Gasteiger partial charge in [0.05, 0.1) is 13.2 Å². The molecule has 0 saturated carbocycles. The molecule has 0 rings (SSSR count). The van der Waals surface area contributed by atoms with E-state index in [4.69, 9.17) is 36.5 Å². The monoisotopic (exact) mass is 640 g/mol. The van der Waals surface area contributed by atoms with Crippen molar-refractivity contribution in [3.63, 3.8) is 0 Å². The average molecular weight is 642 g/mol. The molecule has 6 heteroatoms. The second kappa shape index (κ2) is 37.1. The van der Waals surface area contributed by atoms with Crippen molar-refractivity contribution in [1.82, 2.24) is 0 Å². The summed E-state index contributed by atoms with van der Waals surface area (Å²) in [6.45, 7) is 5.71. The Bertz CT molecular complexity index is 471. The van der Waals surface area contributed by atoms with Crippen LogP contribution in [0.3, 0.4) is 0 Å². The minimum Gasteiger partial charge on any atom is -0.379 e. The van der Waals surface area contributed by atoms with Gasteiger partial charge in [-0.1, -0.05) is 181 Å². The number of ether oxygens (including phenoxy) is 2. The first-order valence-corrected chi connectivity index (χ1v) is 21.2. The van der Waals surface area contributed by atoms with Crippen LogP contribution in [-0.2, 0) is 14.0 Å². The Labute approximate surface area is 268 Å². The van der Waals surface area contributed by atoms with Gasteiger partial charge in [-0.05, 0) is 35.3 Å². The van der Waals surface area contributed by atoms with Crippen LogP contribution in [0.5, 0.6) is 0 Å². The summed E-state index contributed by atoms with van der Waals surface area (Å²) in [7, 11) is 0. The van der Waals surface area contributed by atoms with Crippen molar-refractivity contribution in [3.05, 3.63) is 0 Å². The standard InChI is InChI=1S/C35H71Cl2O3P/c1-3-5-7-9-11-13-15-17-19-21-23-25-27-29-31-38-33-35(34-40-41(36)37)39-32-30-28-26-24-22-20-18-16-14-12-10-8-6-4-2/h35H,3-34H2,1-2H3. The molecule has 0 aliphatic heterocycles. The summed E-state index contributed by atoms with van der Waals surface area (Å²) in [4.78, 5) is 0. The van der Waals surface area contributed by atoms with Crippen molar-refractivity contribution in [2.45, 2.75) is 200 Å². The average Bonchev–Trinajstić information content (AvgIpc) is 2.97. The maximum Gasteiger partial charge on any atom is 0.225 e. The van der Waals surface area contributed by atoms with Gasteiger partial charge < -0.3 is 14.0 Å². The Morgan fingerprint density at radius 2 is 0.732 bits per heavy atom. The van der Waals surface area contributed by atoms with Crippen LogP contribution in [-0.4, -0.2) is 32.5 Å². The van der Waals surface area contributed by atoms with Gasteiger partial charge in [-0.15, -0.1) is 0 Å². The van der Waals surface area contributed by atoms with Gasteiger partial charge in [0.2, 0.25) is 6.85 Å². The molecule has 0 heterocycles. The third-order valence-corrected chi connectivity index (χ3v) is 9.09. The highest BCUT2D eigenvalue weighted by atomic mass is 35.9. The first-order chi connectivity index (χ1) is 20.2. The van der Waals surface area contributed by atoms with Crippen LogP contribution in [0.1, 0.15) is 194 Å². The van der Waals surface area contributed by atoms with Crippen molar-refractivity contribution in [3.8, 4) is 0 Å². The lowest BCUT2D eigenvalue weighted by Gasteiger charge is -2.18. The fourth-order valence-electron chi connectivity index (χ4n) is 5.44. The van der Waals surface area contributed by atoms with Gasteiger partial charge in [0.15, 0.2) is 0 Å². The van der Waals surface area contributed by atoms with Crippen LogP contribution in [0.15, 0.2) is 0 Å². The fraction of sp³-hybridized carbons (Fsp3) is 1.00. The first kappa shape index (κ1) is 41.9. The molecule has 248 valence electrons. The summed E-state index contributed by atoms with van der Waals surface area (Å²) in [6.07, 6.45) is 38.3. The van der Waals surface area contributed by atoms with E-state index in [0.29, 0.717) is 13.2 Å². The predicted octanol–water partition coefficient (Wildman–Crippen LogP) is 14.1. The number of rotatable bonds is 36. The highest BCUT2D eigenvalue weighted by Gasteiger charge is 2.12. The van der Waals surface area contributed by atoms with Crippen molar-refractivity contribution in [1.29, 1.82) is 0 Å². The minimum atomic E-state index is -1.40. The van der Waals surface area contributed by atoms with E-state index in [1.54, 1.807) is 0 Å². The molecule has 0 spiro atoms. The van der Waals surface area contributed by atoms with E-state index in [9.17, 15) is 0 Å². The van der Waals surface area contributed by atoms with Crippen molar-refractivity contribution in [2.75, 3.05) is 26.4 Å². The van der Waals surface area contributed by atoms with Crippen LogP contribution in [0.2, 0.25) is 0 Å². The summed E-state index contributed by atoms with van der Waals surface area (Å²) in [6, 6.07) is 0. The van der Waals surface area contributed by atoms with Crippen LogP contribution < -0.4 is 0 Å². The second-order valence-electron chi connectivity index (χ2n) is 12.3. The van der Waals surface area contributed by atoms with E-state index in [-0.39, 0.29) is 6.10 Å². The van der Waals surface area contributed by atoms with Crippen LogP contribution in [0.25, 0.3) is 0 Å². The van der Waals surface area contributed by atoms with Gasteiger partial charge in [0.25, 0.3) is 0 Å². The summed E-state index contributed by atoms with van der Waals surface area (Å²) >= 11 is 11.7. The van der Waals surface area contributed by atoms with Crippen LogP contribution >= 0.6 is 29.3 Å².